The third-order valence-corrected chi connectivity index (χ3v) is 4.85. The molecule has 0 saturated heterocycles. The minimum Gasteiger partial charge on any atom is -0.207 e. The SMILES string of the molecule is Cc1ccc(C)c(F)c1.Cc1ccc(C)c(P)c1F.Cc1ccc(C)cc1. The Hall–Kier alpha value is -2.05. The van der Waals surface area contributed by atoms with Crippen LogP contribution in [-0.4, -0.2) is 0 Å². The first-order valence-electron chi connectivity index (χ1n) is 8.89. The minimum atomic E-state index is -0.116. The van der Waals surface area contributed by atoms with Crippen molar-refractivity contribution in [1.82, 2.24) is 0 Å². The third-order valence-electron chi connectivity index (χ3n) is 4.14. The van der Waals surface area contributed by atoms with Crippen molar-refractivity contribution >= 4 is 14.5 Å². The second-order valence-corrected chi connectivity index (χ2v) is 7.41. The predicted molar refractivity (Wildman–Crippen MR) is 117 cm³/mol. The van der Waals surface area contributed by atoms with E-state index in [2.05, 4.69) is 47.4 Å². The molecular weight excluding hydrogens is 357 g/mol. The Balaban J connectivity index is 0.000000204. The predicted octanol–water partition coefficient (Wildman–Crippen LogP) is 6.69. The zero-order chi connectivity index (χ0) is 20.6. The topological polar surface area (TPSA) is 0 Å². The second-order valence-electron chi connectivity index (χ2n) is 6.83. The molecule has 0 saturated carbocycles. The number of rotatable bonds is 0. The van der Waals surface area contributed by atoms with Gasteiger partial charge in [-0.3, -0.25) is 0 Å². The molecule has 0 fully saturated rings. The van der Waals surface area contributed by atoms with Crippen LogP contribution in [0.2, 0.25) is 0 Å². The van der Waals surface area contributed by atoms with E-state index in [1.54, 1.807) is 26.0 Å². The lowest BCUT2D eigenvalue weighted by Gasteiger charge is -2.02. The molecule has 0 heterocycles. The summed E-state index contributed by atoms with van der Waals surface area (Å²) in [6, 6.07) is 17.4. The number of aryl methyl sites for hydroxylation is 6. The molecule has 0 radical (unpaired) electrons. The van der Waals surface area contributed by atoms with Crippen LogP contribution in [0.15, 0.2) is 54.6 Å². The van der Waals surface area contributed by atoms with Crippen LogP contribution in [0.25, 0.3) is 0 Å². The summed E-state index contributed by atoms with van der Waals surface area (Å²) >= 11 is 0. The number of halogens is 2. The Kier molecular flexibility index (Phi) is 9.32. The second kappa shape index (κ2) is 10.9. The summed E-state index contributed by atoms with van der Waals surface area (Å²) in [5.41, 5.74) is 6.02. The van der Waals surface area contributed by atoms with Crippen molar-refractivity contribution in [3.63, 3.8) is 0 Å². The van der Waals surface area contributed by atoms with Crippen LogP contribution < -0.4 is 5.30 Å². The maximum atomic E-state index is 13.0. The zero-order valence-electron chi connectivity index (χ0n) is 17.0. The lowest BCUT2D eigenvalue weighted by molar-refractivity contribution is 0.617. The summed E-state index contributed by atoms with van der Waals surface area (Å²) in [4.78, 5) is 0. The monoisotopic (exact) mass is 386 g/mol. The molecule has 0 aliphatic heterocycles. The summed E-state index contributed by atoms with van der Waals surface area (Å²) in [7, 11) is 2.40. The maximum Gasteiger partial charge on any atom is 0.133 e. The summed E-state index contributed by atoms with van der Waals surface area (Å²) in [6.45, 7) is 11.5. The van der Waals surface area contributed by atoms with Crippen molar-refractivity contribution in [2.75, 3.05) is 0 Å². The quantitative estimate of drug-likeness (QED) is 0.378. The third kappa shape index (κ3) is 8.01. The van der Waals surface area contributed by atoms with Crippen molar-refractivity contribution < 1.29 is 8.78 Å². The highest BCUT2D eigenvalue weighted by Crippen LogP contribution is 2.09. The van der Waals surface area contributed by atoms with E-state index in [-0.39, 0.29) is 11.6 Å². The van der Waals surface area contributed by atoms with Crippen LogP contribution in [0.3, 0.4) is 0 Å². The number of hydrogen-bond donors (Lipinski definition) is 0. The van der Waals surface area contributed by atoms with Gasteiger partial charge in [0.1, 0.15) is 11.6 Å². The van der Waals surface area contributed by atoms with Crippen molar-refractivity contribution in [2.45, 2.75) is 41.5 Å². The molecule has 3 aromatic carbocycles. The Morgan fingerprint density at radius 1 is 0.556 bits per heavy atom. The van der Waals surface area contributed by atoms with Crippen LogP contribution in [-0.2, 0) is 0 Å². The van der Waals surface area contributed by atoms with Gasteiger partial charge < -0.3 is 0 Å². The Morgan fingerprint density at radius 3 is 1.37 bits per heavy atom. The van der Waals surface area contributed by atoms with E-state index in [4.69, 9.17) is 0 Å². The van der Waals surface area contributed by atoms with Gasteiger partial charge in [0, 0.05) is 5.30 Å². The number of hydrogen-bond acceptors (Lipinski definition) is 0. The Labute approximate surface area is 164 Å². The fourth-order valence-electron chi connectivity index (χ4n) is 2.13. The average Bonchev–Trinajstić information content (AvgIpc) is 2.63. The first kappa shape index (κ1) is 23.0. The molecule has 0 bridgehead atoms. The summed E-state index contributed by atoms with van der Waals surface area (Å²) in [5, 5.41) is 0.681. The van der Waals surface area contributed by atoms with E-state index < -0.39 is 0 Å². The smallest absolute Gasteiger partial charge is 0.133 e. The van der Waals surface area contributed by atoms with Crippen molar-refractivity contribution in [2.24, 2.45) is 0 Å². The summed E-state index contributed by atoms with van der Waals surface area (Å²) in [5.74, 6) is -0.222. The molecule has 0 spiro atoms. The lowest BCUT2D eigenvalue weighted by atomic mass is 10.1. The zero-order valence-corrected chi connectivity index (χ0v) is 18.2. The molecule has 3 heteroatoms. The molecule has 144 valence electrons. The maximum absolute atomic E-state index is 13.0. The Morgan fingerprint density at radius 2 is 0.963 bits per heavy atom. The van der Waals surface area contributed by atoms with Crippen LogP contribution in [0.1, 0.15) is 33.4 Å². The first-order valence-corrected chi connectivity index (χ1v) is 9.46. The van der Waals surface area contributed by atoms with E-state index in [0.717, 1.165) is 11.1 Å². The molecule has 0 nitrogen and oxygen atoms in total. The van der Waals surface area contributed by atoms with Gasteiger partial charge in [0.25, 0.3) is 0 Å². The molecule has 1 unspecified atom stereocenters. The largest absolute Gasteiger partial charge is 0.207 e. The standard InChI is InChI=1S/C8H10FP.C8H9F.C8H10/c1-5-3-4-6(2)8(10)7(5)9;1-6-3-4-7(2)8(9)5-6;1-7-3-5-8(2)6-4-7/h3-4H,10H2,1-2H3;3-5H,1-2H3;3-6H,1-2H3. The van der Waals surface area contributed by atoms with Crippen molar-refractivity contribution in [3.05, 3.63) is 99.6 Å². The average molecular weight is 386 g/mol. The first-order chi connectivity index (χ1) is 12.6. The molecule has 3 rings (SSSR count). The van der Waals surface area contributed by atoms with Crippen molar-refractivity contribution in [1.29, 1.82) is 0 Å². The molecule has 0 aliphatic carbocycles. The van der Waals surface area contributed by atoms with Gasteiger partial charge in [0.2, 0.25) is 0 Å². The summed E-state index contributed by atoms with van der Waals surface area (Å²) in [6.07, 6.45) is 0. The minimum absolute atomic E-state index is 0.106. The van der Waals surface area contributed by atoms with Gasteiger partial charge in [-0.1, -0.05) is 59.7 Å². The molecule has 0 N–H and O–H groups in total. The lowest BCUT2D eigenvalue weighted by Crippen LogP contribution is -2.04. The highest BCUT2D eigenvalue weighted by atomic mass is 31.0. The van der Waals surface area contributed by atoms with Crippen molar-refractivity contribution in [3.8, 4) is 0 Å². The molecule has 3 aromatic rings. The van der Waals surface area contributed by atoms with Gasteiger partial charge in [-0.2, -0.15) is 0 Å². The van der Waals surface area contributed by atoms with Gasteiger partial charge in [0.15, 0.2) is 0 Å². The van der Waals surface area contributed by atoms with Gasteiger partial charge >= 0.3 is 0 Å². The van der Waals surface area contributed by atoms with E-state index in [9.17, 15) is 8.78 Å². The molecule has 1 atom stereocenters. The summed E-state index contributed by atoms with van der Waals surface area (Å²) < 4.78 is 25.6. The van der Waals surface area contributed by atoms with E-state index >= 15 is 0 Å². The number of benzene rings is 3. The van der Waals surface area contributed by atoms with E-state index in [0.29, 0.717) is 16.4 Å². The molecule has 27 heavy (non-hydrogen) atoms. The highest BCUT2D eigenvalue weighted by molar-refractivity contribution is 7.27. The fourth-order valence-corrected chi connectivity index (χ4v) is 2.46. The Bertz CT molecular complexity index is 820. The molecule has 0 aliphatic rings. The van der Waals surface area contributed by atoms with Crippen LogP contribution in [0.4, 0.5) is 8.78 Å². The van der Waals surface area contributed by atoms with E-state index in [1.165, 1.54) is 17.2 Å². The molecular formula is C24H29F2P. The van der Waals surface area contributed by atoms with E-state index in [1.807, 2.05) is 26.0 Å². The van der Waals surface area contributed by atoms with Gasteiger partial charge in [-0.25, -0.2) is 8.78 Å². The van der Waals surface area contributed by atoms with Gasteiger partial charge in [-0.15, -0.1) is 9.24 Å². The highest BCUT2D eigenvalue weighted by Gasteiger charge is 2.02. The molecule has 0 amide bonds. The van der Waals surface area contributed by atoms with Crippen LogP contribution in [0, 0.1) is 53.2 Å². The van der Waals surface area contributed by atoms with Crippen LogP contribution >= 0.6 is 9.24 Å². The fraction of sp³-hybridized carbons (Fsp3) is 0.250. The van der Waals surface area contributed by atoms with Gasteiger partial charge in [0.05, 0.1) is 0 Å². The van der Waals surface area contributed by atoms with Gasteiger partial charge in [-0.05, 0) is 69.9 Å². The van der Waals surface area contributed by atoms with Crippen LogP contribution in [0.5, 0.6) is 0 Å². The normalized spacial score (nSPS) is 9.67. The molecule has 0 aromatic heterocycles.